The fraction of sp³-hybridized carbons (Fsp3) is 0.286. The van der Waals surface area contributed by atoms with E-state index < -0.39 is 8.07 Å². The van der Waals surface area contributed by atoms with Crippen LogP contribution in [0.4, 0.5) is 0 Å². The minimum Gasteiger partial charge on any atom is -0.497 e. The highest BCUT2D eigenvalue weighted by Gasteiger charge is 2.21. The summed E-state index contributed by atoms with van der Waals surface area (Å²) in [4.78, 5) is 12.7. The molecule has 296 valence electrons. The maximum Gasteiger partial charge on any atom is 0.179 e. The van der Waals surface area contributed by atoms with Crippen molar-refractivity contribution in [3.05, 3.63) is 85.0 Å². The third kappa shape index (κ3) is 6.33. The van der Waals surface area contributed by atoms with E-state index >= 15 is 0 Å². The second-order valence-electron chi connectivity index (χ2n) is 15.9. The number of fused-ring (bicyclic) bond motifs is 8. The van der Waals surface area contributed by atoms with E-state index in [-0.39, 0.29) is 0 Å². The minimum atomic E-state index is -1.18. The molecular weight excluding hydrogens is 749 g/mol. The SMILES string of the molecule is COc1ccc2c(c1)c(-c1cc3c(ncc4nnc(C)n43)[nH]1)cn2C.COc1ccc2c(c1)c(-c1cc3c(ncc4nnc(C)n43)n1COCC[Si](C)(C)C)cn2C. The fourth-order valence-corrected chi connectivity index (χ4v) is 8.49. The molecule has 2 aromatic carbocycles. The normalized spacial score (nSPS) is 12.2. The molecule has 8 aromatic heterocycles. The van der Waals surface area contributed by atoms with Crippen molar-refractivity contribution in [2.75, 3.05) is 20.8 Å². The third-order valence-electron chi connectivity index (χ3n) is 10.8. The summed E-state index contributed by atoms with van der Waals surface area (Å²) in [5.74, 6) is 3.35. The Balaban J connectivity index is 0.000000156. The summed E-state index contributed by atoms with van der Waals surface area (Å²) in [6.07, 6.45) is 7.78. The number of benzene rings is 2. The van der Waals surface area contributed by atoms with Crippen molar-refractivity contribution in [1.29, 1.82) is 0 Å². The van der Waals surface area contributed by atoms with Crippen LogP contribution < -0.4 is 9.47 Å². The summed E-state index contributed by atoms with van der Waals surface area (Å²) >= 11 is 0. The second-order valence-corrected chi connectivity index (χ2v) is 21.5. The first-order valence-electron chi connectivity index (χ1n) is 19.2. The van der Waals surface area contributed by atoms with Gasteiger partial charge in [-0.05, 0) is 68.4 Å². The lowest BCUT2D eigenvalue weighted by Crippen LogP contribution is -2.22. The van der Waals surface area contributed by atoms with E-state index in [1.165, 1.54) is 0 Å². The van der Waals surface area contributed by atoms with E-state index in [4.69, 9.17) is 19.2 Å². The summed E-state index contributed by atoms with van der Waals surface area (Å²) in [5.41, 5.74) is 11.6. The first-order valence-corrected chi connectivity index (χ1v) is 22.9. The highest BCUT2D eigenvalue weighted by molar-refractivity contribution is 6.76. The van der Waals surface area contributed by atoms with Gasteiger partial charge in [-0.15, -0.1) is 20.4 Å². The molecule has 0 saturated heterocycles. The third-order valence-corrected chi connectivity index (χ3v) is 12.5. The Morgan fingerprint density at radius 3 is 1.88 bits per heavy atom. The largest absolute Gasteiger partial charge is 0.497 e. The predicted octanol–water partition coefficient (Wildman–Crippen LogP) is 7.95. The summed E-state index contributed by atoms with van der Waals surface area (Å²) in [5, 5.41) is 19.0. The number of hydrogen-bond acceptors (Lipinski definition) is 9. The topological polar surface area (TPSA) is 144 Å². The average molecular weight is 795 g/mol. The highest BCUT2D eigenvalue weighted by Crippen LogP contribution is 2.37. The van der Waals surface area contributed by atoms with Gasteiger partial charge in [-0.25, -0.2) is 9.97 Å². The number of aromatic nitrogens is 12. The molecule has 0 aliphatic rings. The number of ether oxygens (including phenoxy) is 3. The first kappa shape index (κ1) is 37.1. The molecule has 0 radical (unpaired) electrons. The summed E-state index contributed by atoms with van der Waals surface area (Å²) in [6.45, 7) is 12.2. The van der Waals surface area contributed by atoms with Gasteiger partial charge < -0.3 is 28.3 Å². The van der Waals surface area contributed by atoms with E-state index in [1.807, 2.05) is 37.4 Å². The minimum absolute atomic E-state index is 0.434. The standard InChI is InChI=1S/C24H30N6O2Si.C18H16N6O/c1-16-26-27-23-13-25-24-22(30(16)23)12-21(29(24)15-32-9-10-33(4,5)6)19-14-28(2)20-8-7-17(31-3)11-18(19)20;1-10-21-22-17-8-19-18-16(24(10)17)7-14(20-18)13-9-23(2)15-5-4-11(25-3)6-12(13)15/h7-8,11-14H,9-10,15H2,1-6H3;4-9,20H,1-3H3. The van der Waals surface area contributed by atoms with Gasteiger partial charge in [-0.2, -0.15) is 0 Å². The number of rotatable bonds is 9. The van der Waals surface area contributed by atoms with Crippen LogP contribution in [-0.2, 0) is 25.6 Å². The number of nitrogens with zero attached hydrogens (tertiary/aromatic N) is 11. The number of aromatic amines is 1. The number of nitrogens with one attached hydrogen (secondary N) is 1. The molecule has 0 aliphatic carbocycles. The van der Waals surface area contributed by atoms with Gasteiger partial charge in [-0.3, -0.25) is 13.4 Å². The number of H-pyrrole nitrogens is 1. The summed E-state index contributed by atoms with van der Waals surface area (Å²) in [6, 6.07) is 17.7. The zero-order valence-electron chi connectivity index (χ0n) is 34.2. The molecule has 0 fully saturated rings. The van der Waals surface area contributed by atoms with Crippen molar-refractivity contribution in [2.45, 2.75) is 46.3 Å². The zero-order valence-corrected chi connectivity index (χ0v) is 35.2. The lowest BCUT2D eigenvalue weighted by molar-refractivity contribution is 0.0909. The van der Waals surface area contributed by atoms with E-state index in [0.29, 0.717) is 6.73 Å². The molecule has 16 heteroatoms. The van der Waals surface area contributed by atoms with Crippen molar-refractivity contribution >= 4 is 63.5 Å². The Bertz CT molecular complexity index is 3160. The molecule has 0 atom stereocenters. The first-order chi connectivity index (χ1) is 27.9. The molecule has 0 unspecified atom stereocenters. The van der Waals surface area contributed by atoms with Crippen LogP contribution in [-0.4, -0.2) is 86.7 Å². The Morgan fingerprint density at radius 2 is 1.26 bits per heavy atom. The lowest BCUT2D eigenvalue weighted by Gasteiger charge is -2.16. The fourth-order valence-electron chi connectivity index (χ4n) is 7.74. The molecule has 0 saturated carbocycles. The number of aryl methyl sites for hydroxylation is 4. The van der Waals surface area contributed by atoms with Crippen LogP contribution in [0.3, 0.4) is 0 Å². The highest BCUT2D eigenvalue weighted by atomic mass is 28.3. The molecule has 8 heterocycles. The van der Waals surface area contributed by atoms with Crippen molar-refractivity contribution in [3.63, 3.8) is 0 Å². The van der Waals surface area contributed by atoms with E-state index in [1.54, 1.807) is 26.6 Å². The molecule has 0 spiro atoms. The zero-order chi connectivity index (χ0) is 40.5. The van der Waals surface area contributed by atoms with Gasteiger partial charge in [0.2, 0.25) is 0 Å². The van der Waals surface area contributed by atoms with Gasteiger partial charge in [0.25, 0.3) is 0 Å². The Kier molecular flexibility index (Phi) is 9.04. The van der Waals surface area contributed by atoms with Crippen LogP contribution in [0.5, 0.6) is 11.5 Å². The van der Waals surface area contributed by atoms with Crippen molar-refractivity contribution in [3.8, 4) is 34.0 Å². The van der Waals surface area contributed by atoms with E-state index in [2.05, 4.69) is 124 Å². The maximum atomic E-state index is 6.20. The summed E-state index contributed by atoms with van der Waals surface area (Å²) < 4.78 is 27.6. The number of hydrogen-bond donors (Lipinski definition) is 1. The molecule has 10 aromatic rings. The number of methoxy groups -OCH3 is 2. The van der Waals surface area contributed by atoms with Gasteiger partial charge in [0, 0.05) is 74.1 Å². The van der Waals surface area contributed by atoms with Crippen LogP contribution >= 0.6 is 0 Å². The van der Waals surface area contributed by atoms with Gasteiger partial charge >= 0.3 is 0 Å². The van der Waals surface area contributed by atoms with E-state index in [0.717, 1.165) is 114 Å². The quantitative estimate of drug-likeness (QED) is 0.114. The summed E-state index contributed by atoms with van der Waals surface area (Å²) in [7, 11) is 6.31. The molecule has 58 heavy (non-hydrogen) atoms. The molecule has 0 aliphatic heterocycles. The van der Waals surface area contributed by atoms with Crippen LogP contribution in [0, 0.1) is 13.8 Å². The van der Waals surface area contributed by atoms with Crippen LogP contribution in [0.2, 0.25) is 25.7 Å². The van der Waals surface area contributed by atoms with Crippen molar-refractivity contribution < 1.29 is 14.2 Å². The molecule has 10 rings (SSSR count). The lowest BCUT2D eigenvalue weighted by atomic mass is 10.1. The smallest absolute Gasteiger partial charge is 0.179 e. The Labute approximate surface area is 334 Å². The second kappa shape index (κ2) is 14.1. The molecule has 1 N–H and O–H groups in total. The predicted molar refractivity (Wildman–Crippen MR) is 229 cm³/mol. The van der Waals surface area contributed by atoms with Gasteiger partial charge in [-0.1, -0.05) is 19.6 Å². The Morgan fingerprint density at radius 1 is 0.672 bits per heavy atom. The van der Waals surface area contributed by atoms with Crippen LogP contribution in [0.1, 0.15) is 11.6 Å². The maximum absolute atomic E-state index is 6.20. The monoisotopic (exact) mass is 794 g/mol. The average Bonchev–Trinajstić information content (AvgIpc) is 4.07. The van der Waals surface area contributed by atoms with Crippen LogP contribution in [0.15, 0.2) is 73.3 Å². The van der Waals surface area contributed by atoms with E-state index in [9.17, 15) is 0 Å². The molecule has 0 amide bonds. The van der Waals surface area contributed by atoms with Gasteiger partial charge in [0.15, 0.2) is 22.6 Å². The van der Waals surface area contributed by atoms with Crippen molar-refractivity contribution in [1.82, 2.24) is 57.8 Å². The Hall–Kier alpha value is -6.52. The molecule has 15 nitrogen and oxygen atoms in total. The van der Waals surface area contributed by atoms with Crippen LogP contribution in [0.25, 0.3) is 77.9 Å². The molecular formula is C42H46N12O3Si. The molecule has 0 bridgehead atoms. The van der Waals surface area contributed by atoms with Gasteiger partial charge in [0.05, 0.1) is 49.0 Å². The van der Waals surface area contributed by atoms with Crippen molar-refractivity contribution in [2.24, 2.45) is 14.1 Å². The van der Waals surface area contributed by atoms with Gasteiger partial charge in [0.1, 0.15) is 29.9 Å².